The molecular formula is C16H25N3S. The summed E-state index contributed by atoms with van der Waals surface area (Å²) in [4.78, 5) is 2.87. The Morgan fingerprint density at radius 2 is 2.05 bits per heavy atom. The third-order valence-corrected chi connectivity index (χ3v) is 4.77. The van der Waals surface area contributed by atoms with Gasteiger partial charge in [0.25, 0.3) is 0 Å². The molecule has 2 aromatic heterocycles. The van der Waals surface area contributed by atoms with E-state index in [1.807, 2.05) is 16.0 Å². The van der Waals surface area contributed by atoms with E-state index in [2.05, 4.69) is 62.5 Å². The van der Waals surface area contributed by atoms with Gasteiger partial charge in [0.05, 0.1) is 5.69 Å². The highest BCUT2D eigenvalue weighted by Crippen LogP contribution is 2.26. The fourth-order valence-electron chi connectivity index (χ4n) is 2.27. The molecule has 0 aromatic carbocycles. The molecule has 1 N–H and O–H groups in total. The van der Waals surface area contributed by atoms with Gasteiger partial charge in [-0.1, -0.05) is 13.8 Å². The average Bonchev–Trinajstić information content (AvgIpc) is 3.07. The number of hydrogen-bond acceptors (Lipinski definition) is 3. The molecule has 1 unspecified atom stereocenters. The maximum Gasteiger partial charge on any atom is 0.0644 e. The van der Waals surface area contributed by atoms with Gasteiger partial charge in [0.2, 0.25) is 0 Å². The van der Waals surface area contributed by atoms with Crippen LogP contribution in [0.2, 0.25) is 0 Å². The Kier molecular flexibility index (Phi) is 5.38. The molecule has 0 bridgehead atoms. The van der Waals surface area contributed by atoms with Crippen LogP contribution in [0.1, 0.15) is 55.2 Å². The molecule has 4 heteroatoms. The minimum Gasteiger partial charge on any atom is -0.309 e. The molecule has 0 radical (unpaired) electrons. The zero-order valence-electron chi connectivity index (χ0n) is 12.9. The number of aromatic nitrogens is 2. The predicted molar refractivity (Wildman–Crippen MR) is 86.4 cm³/mol. The maximum absolute atomic E-state index is 4.67. The predicted octanol–water partition coefficient (Wildman–Crippen LogP) is 3.98. The Bertz CT molecular complexity index is 527. The SMILES string of the molecule is CCNC(Cc1ccn(C(C)C)n1)c1ccc(CC)s1. The molecule has 2 rings (SSSR count). The molecule has 0 aliphatic carbocycles. The van der Waals surface area contributed by atoms with E-state index in [9.17, 15) is 0 Å². The van der Waals surface area contributed by atoms with Crippen molar-refractivity contribution < 1.29 is 0 Å². The minimum atomic E-state index is 0.376. The minimum absolute atomic E-state index is 0.376. The van der Waals surface area contributed by atoms with E-state index in [1.54, 1.807) is 0 Å². The molecule has 0 amide bonds. The van der Waals surface area contributed by atoms with E-state index in [1.165, 1.54) is 9.75 Å². The Morgan fingerprint density at radius 1 is 1.25 bits per heavy atom. The second-order valence-electron chi connectivity index (χ2n) is 5.35. The first-order valence-electron chi connectivity index (χ1n) is 7.50. The highest BCUT2D eigenvalue weighted by Gasteiger charge is 2.15. The van der Waals surface area contributed by atoms with Crippen LogP contribution in [0.4, 0.5) is 0 Å². The first kappa shape index (κ1) is 15.3. The monoisotopic (exact) mass is 291 g/mol. The highest BCUT2D eigenvalue weighted by atomic mass is 32.1. The number of rotatable bonds is 7. The molecule has 2 aromatic rings. The molecule has 110 valence electrons. The van der Waals surface area contributed by atoms with Gasteiger partial charge in [-0.2, -0.15) is 5.10 Å². The van der Waals surface area contributed by atoms with E-state index >= 15 is 0 Å². The van der Waals surface area contributed by atoms with Crippen LogP contribution in [0.5, 0.6) is 0 Å². The van der Waals surface area contributed by atoms with Crippen molar-refractivity contribution in [1.29, 1.82) is 0 Å². The Labute approximate surface area is 126 Å². The number of thiophene rings is 1. The van der Waals surface area contributed by atoms with Gasteiger partial charge in [0, 0.05) is 34.5 Å². The van der Waals surface area contributed by atoms with Gasteiger partial charge in [-0.15, -0.1) is 11.3 Å². The van der Waals surface area contributed by atoms with Crippen molar-refractivity contribution in [2.75, 3.05) is 6.54 Å². The van der Waals surface area contributed by atoms with E-state index in [0.29, 0.717) is 12.1 Å². The summed E-state index contributed by atoms with van der Waals surface area (Å²) in [5, 5.41) is 8.25. The van der Waals surface area contributed by atoms with Crippen LogP contribution >= 0.6 is 11.3 Å². The standard InChI is InChI=1S/C16H25N3S/c1-5-14-7-8-16(20-14)15(17-6-2)11-13-9-10-19(18-13)12(3)4/h7-10,12,15,17H,5-6,11H2,1-4H3. The lowest BCUT2D eigenvalue weighted by atomic mass is 10.1. The van der Waals surface area contributed by atoms with Crippen molar-refractivity contribution in [2.45, 2.75) is 52.6 Å². The molecule has 0 saturated heterocycles. The van der Waals surface area contributed by atoms with Crippen LogP contribution in [-0.4, -0.2) is 16.3 Å². The van der Waals surface area contributed by atoms with E-state index < -0.39 is 0 Å². The maximum atomic E-state index is 4.67. The second-order valence-corrected chi connectivity index (χ2v) is 6.55. The average molecular weight is 291 g/mol. The Balaban J connectivity index is 2.11. The van der Waals surface area contributed by atoms with E-state index in [4.69, 9.17) is 0 Å². The summed E-state index contributed by atoms with van der Waals surface area (Å²) in [6.07, 6.45) is 4.15. The number of aryl methyl sites for hydroxylation is 1. The molecule has 3 nitrogen and oxygen atoms in total. The molecular weight excluding hydrogens is 266 g/mol. The zero-order valence-corrected chi connectivity index (χ0v) is 13.7. The first-order chi connectivity index (χ1) is 9.63. The smallest absolute Gasteiger partial charge is 0.0644 e. The normalized spacial score (nSPS) is 13.1. The summed E-state index contributed by atoms with van der Waals surface area (Å²) in [6.45, 7) is 9.67. The molecule has 0 aliphatic heterocycles. The van der Waals surface area contributed by atoms with Gasteiger partial charge in [-0.25, -0.2) is 0 Å². The molecule has 1 atom stereocenters. The highest BCUT2D eigenvalue weighted by molar-refractivity contribution is 7.12. The molecule has 0 aliphatic rings. The van der Waals surface area contributed by atoms with Crippen molar-refractivity contribution in [3.05, 3.63) is 39.8 Å². The van der Waals surface area contributed by atoms with Crippen LogP contribution in [0.25, 0.3) is 0 Å². The van der Waals surface area contributed by atoms with Crippen LogP contribution in [-0.2, 0) is 12.8 Å². The number of nitrogens with zero attached hydrogens (tertiary/aromatic N) is 2. The van der Waals surface area contributed by atoms with Crippen LogP contribution in [0.15, 0.2) is 24.4 Å². The quantitative estimate of drug-likeness (QED) is 0.836. The molecule has 0 spiro atoms. The second kappa shape index (κ2) is 7.04. The fraction of sp³-hybridized carbons (Fsp3) is 0.562. The van der Waals surface area contributed by atoms with Gasteiger partial charge in [0.15, 0.2) is 0 Å². The van der Waals surface area contributed by atoms with Crippen molar-refractivity contribution in [3.8, 4) is 0 Å². The van der Waals surface area contributed by atoms with Gasteiger partial charge < -0.3 is 5.32 Å². The van der Waals surface area contributed by atoms with E-state index in [0.717, 1.165) is 25.1 Å². The molecule has 0 saturated carbocycles. The topological polar surface area (TPSA) is 29.9 Å². The third-order valence-electron chi connectivity index (χ3n) is 3.43. The lowest BCUT2D eigenvalue weighted by molar-refractivity contribution is 0.509. The zero-order chi connectivity index (χ0) is 14.5. The number of likely N-dealkylation sites (N-methyl/N-ethyl adjacent to an activating group) is 1. The molecule has 0 fully saturated rings. The van der Waals surface area contributed by atoms with Gasteiger partial charge in [-0.05, 0) is 45.0 Å². The third kappa shape index (κ3) is 3.70. The summed E-state index contributed by atoms with van der Waals surface area (Å²) >= 11 is 1.92. The summed E-state index contributed by atoms with van der Waals surface area (Å²) in [5.74, 6) is 0. The van der Waals surface area contributed by atoms with Crippen LogP contribution in [0, 0.1) is 0 Å². The first-order valence-corrected chi connectivity index (χ1v) is 8.31. The molecule has 20 heavy (non-hydrogen) atoms. The van der Waals surface area contributed by atoms with Gasteiger partial charge >= 0.3 is 0 Å². The summed E-state index contributed by atoms with van der Waals surface area (Å²) in [5.41, 5.74) is 1.16. The Morgan fingerprint density at radius 3 is 2.60 bits per heavy atom. The van der Waals surface area contributed by atoms with Crippen LogP contribution in [0.3, 0.4) is 0 Å². The van der Waals surface area contributed by atoms with Crippen molar-refractivity contribution in [1.82, 2.24) is 15.1 Å². The summed E-state index contributed by atoms with van der Waals surface area (Å²) in [6, 6.07) is 7.45. The van der Waals surface area contributed by atoms with Crippen molar-refractivity contribution >= 4 is 11.3 Å². The molecule has 2 heterocycles. The van der Waals surface area contributed by atoms with Crippen LogP contribution < -0.4 is 5.32 Å². The fourth-order valence-corrected chi connectivity index (χ4v) is 3.30. The lowest BCUT2D eigenvalue weighted by Gasteiger charge is -2.15. The van der Waals surface area contributed by atoms with Gasteiger partial charge in [0.1, 0.15) is 0 Å². The van der Waals surface area contributed by atoms with Crippen molar-refractivity contribution in [2.24, 2.45) is 0 Å². The van der Waals surface area contributed by atoms with Gasteiger partial charge in [-0.3, -0.25) is 4.68 Å². The lowest BCUT2D eigenvalue weighted by Crippen LogP contribution is -2.22. The Hall–Kier alpha value is -1.13. The van der Waals surface area contributed by atoms with Crippen molar-refractivity contribution in [3.63, 3.8) is 0 Å². The van der Waals surface area contributed by atoms with E-state index in [-0.39, 0.29) is 0 Å². The number of nitrogens with one attached hydrogen (secondary N) is 1. The number of hydrogen-bond donors (Lipinski definition) is 1. The summed E-state index contributed by atoms with van der Waals surface area (Å²) < 4.78 is 2.03. The largest absolute Gasteiger partial charge is 0.309 e. The summed E-state index contributed by atoms with van der Waals surface area (Å²) in [7, 11) is 0.